The Morgan fingerprint density at radius 1 is 1.19 bits per heavy atom. The van der Waals surface area contributed by atoms with Crippen LogP contribution in [0.1, 0.15) is 27.9 Å². The van der Waals surface area contributed by atoms with E-state index in [0.717, 1.165) is 21.3 Å². The summed E-state index contributed by atoms with van der Waals surface area (Å²) in [5, 5.41) is 3.38. The Kier molecular flexibility index (Phi) is 4.39. The van der Waals surface area contributed by atoms with Gasteiger partial charge in [-0.05, 0) is 49.6 Å². The number of hydrogen-bond acceptors (Lipinski definition) is 5. The molecule has 1 N–H and O–H groups in total. The molecule has 0 bridgehead atoms. The predicted molar refractivity (Wildman–Crippen MR) is 109 cm³/mol. The quantitative estimate of drug-likeness (QED) is 0.726. The fraction of sp³-hybridized carbons (Fsp3) is 0.263. The van der Waals surface area contributed by atoms with E-state index < -0.39 is 10.0 Å². The molecule has 6 nitrogen and oxygen atoms in total. The monoisotopic (exact) mass is 401 g/mol. The third-order valence-corrected chi connectivity index (χ3v) is 7.63. The molecule has 1 aliphatic heterocycles. The van der Waals surface area contributed by atoms with Crippen LogP contribution in [-0.2, 0) is 10.0 Å². The van der Waals surface area contributed by atoms with Crippen molar-refractivity contribution in [3.05, 3.63) is 53.1 Å². The zero-order valence-corrected chi connectivity index (χ0v) is 16.7. The number of aromatic nitrogens is 1. The smallest absolute Gasteiger partial charge is 0.257 e. The summed E-state index contributed by atoms with van der Waals surface area (Å²) in [5.41, 5.74) is 4.01. The van der Waals surface area contributed by atoms with Crippen molar-refractivity contribution < 1.29 is 13.2 Å². The number of thiazole rings is 1. The maximum Gasteiger partial charge on any atom is 0.257 e. The first-order valence-electron chi connectivity index (χ1n) is 8.64. The minimum absolute atomic E-state index is 0.147. The van der Waals surface area contributed by atoms with Crippen LogP contribution in [0, 0.1) is 13.8 Å². The third kappa shape index (κ3) is 3.30. The standard InChI is InChI=1S/C19H19N3O3S2/c1-12-7-8-13(2)17-16(12)20-19(26-17)21-18(23)14-5-3-6-15(11-14)22-9-4-10-27(22,24)25/h3,5-8,11H,4,9-10H2,1-2H3,(H,20,21,23). The Labute approximate surface area is 161 Å². The van der Waals surface area contributed by atoms with Gasteiger partial charge in [-0.25, -0.2) is 13.4 Å². The molecular formula is C19H19N3O3S2. The van der Waals surface area contributed by atoms with Crippen molar-refractivity contribution in [2.45, 2.75) is 20.3 Å². The van der Waals surface area contributed by atoms with Crippen LogP contribution < -0.4 is 9.62 Å². The van der Waals surface area contributed by atoms with E-state index in [1.165, 1.54) is 15.6 Å². The van der Waals surface area contributed by atoms with Gasteiger partial charge >= 0.3 is 0 Å². The molecule has 1 aromatic heterocycles. The van der Waals surface area contributed by atoms with Crippen LogP contribution in [0.3, 0.4) is 0 Å². The SMILES string of the molecule is Cc1ccc(C)c2sc(NC(=O)c3cccc(N4CCCS4(=O)=O)c3)nc12. The third-order valence-electron chi connectivity index (χ3n) is 4.66. The van der Waals surface area contributed by atoms with Crippen molar-refractivity contribution in [2.75, 3.05) is 21.9 Å². The summed E-state index contributed by atoms with van der Waals surface area (Å²) in [6, 6.07) is 10.8. The van der Waals surface area contributed by atoms with Crippen molar-refractivity contribution >= 4 is 48.3 Å². The predicted octanol–water partition coefficient (Wildman–Crippen LogP) is 3.71. The van der Waals surface area contributed by atoms with E-state index in [4.69, 9.17) is 0 Å². The van der Waals surface area contributed by atoms with Crippen molar-refractivity contribution in [3.63, 3.8) is 0 Å². The number of benzene rings is 2. The highest BCUT2D eigenvalue weighted by Gasteiger charge is 2.28. The van der Waals surface area contributed by atoms with Crippen molar-refractivity contribution in [1.82, 2.24) is 4.98 Å². The van der Waals surface area contributed by atoms with Crippen molar-refractivity contribution in [2.24, 2.45) is 0 Å². The maximum atomic E-state index is 12.7. The molecule has 0 spiro atoms. The molecule has 0 unspecified atom stereocenters. The van der Waals surface area contributed by atoms with E-state index >= 15 is 0 Å². The fourth-order valence-corrected chi connectivity index (χ4v) is 5.78. The van der Waals surface area contributed by atoms with Crippen LogP contribution in [-0.4, -0.2) is 31.6 Å². The highest BCUT2D eigenvalue weighted by atomic mass is 32.2. The second kappa shape index (κ2) is 6.61. The summed E-state index contributed by atoms with van der Waals surface area (Å²) in [6.45, 7) is 4.46. The number of rotatable bonds is 3. The molecule has 0 atom stereocenters. The van der Waals surface area contributed by atoms with E-state index in [1.54, 1.807) is 24.3 Å². The van der Waals surface area contributed by atoms with Crippen molar-refractivity contribution in [3.8, 4) is 0 Å². The van der Waals surface area contributed by atoms with Crippen LogP contribution in [0.5, 0.6) is 0 Å². The van der Waals surface area contributed by atoms with Crippen LogP contribution in [0.25, 0.3) is 10.2 Å². The topological polar surface area (TPSA) is 79.4 Å². The lowest BCUT2D eigenvalue weighted by Gasteiger charge is -2.17. The molecule has 1 aliphatic rings. The van der Waals surface area contributed by atoms with Gasteiger partial charge in [0.25, 0.3) is 5.91 Å². The molecule has 4 rings (SSSR count). The normalized spacial score (nSPS) is 16.0. The van der Waals surface area contributed by atoms with Gasteiger partial charge in [0.05, 0.1) is 21.7 Å². The molecule has 0 radical (unpaired) electrons. The summed E-state index contributed by atoms with van der Waals surface area (Å²) >= 11 is 1.44. The molecule has 0 saturated carbocycles. The lowest BCUT2D eigenvalue weighted by atomic mass is 10.1. The summed E-state index contributed by atoms with van der Waals surface area (Å²) in [7, 11) is -3.28. The first kappa shape index (κ1) is 17.9. The van der Waals surface area contributed by atoms with Crippen molar-refractivity contribution in [1.29, 1.82) is 0 Å². The zero-order valence-electron chi connectivity index (χ0n) is 15.0. The number of sulfonamides is 1. The molecular weight excluding hydrogens is 382 g/mol. The van der Waals surface area contributed by atoms with Crippen LogP contribution in [0.4, 0.5) is 10.8 Å². The van der Waals surface area contributed by atoms with E-state index in [-0.39, 0.29) is 11.7 Å². The van der Waals surface area contributed by atoms with Gasteiger partial charge in [-0.2, -0.15) is 0 Å². The number of fused-ring (bicyclic) bond motifs is 1. The van der Waals surface area contributed by atoms with Gasteiger partial charge in [0.15, 0.2) is 5.13 Å². The van der Waals surface area contributed by atoms with Gasteiger partial charge in [0.2, 0.25) is 10.0 Å². The number of nitrogens with zero attached hydrogens (tertiary/aromatic N) is 2. The molecule has 0 aliphatic carbocycles. The number of carbonyl (C=O) groups excluding carboxylic acids is 1. The molecule has 8 heteroatoms. The number of nitrogens with one attached hydrogen (secondary N) is 1. The van der Waals surface area contributed by atoms with Gasteiger partial charge in [-0.15, -0.1) is 0 Å². The average Bonchev–Trinajstić information content (AvgIpc) is 3.22. The van der Waals surface area contributed by atoms with Gasteiger partial charge < -0.3 is 0 Å². The maximum absolute atomic E-state index is 12.7. The first-order chi connectivity index (χ1) is 12.8. The minimum atomic E-state index is -3.28. The molecule has 1 saturated heterocycles. The van der Waals surface area contributed by atoms with Crippen LogP contribution in [0.15, 0.2) is 36.4 Å². The minimum Gasteiger partial charge on any atom is -0.298 e. The summed E-state index contributed by atoms with van der Waals surface area (Å²) in [5.74, 6) is -0.156. The van der Waals surface area contributed by atoms with E-state index in [0.29, 0.717) is 29.3 Å². The number of aryl methyl sites for hydroxylation is 2. The lowest BCUT2D eigenvalue weighted by molar-refractivity contribution is 0.102. The molecule has 3 aromatic rings. The van der Waals surface area contributed by atoms with Gasteiger partial charge in [-0.1, -0.05) is 29.5 Å². The number of hydrogen-bond donors (Lipinski definition) is 1. The Morgan fingerprint density at radius 3 is 2.67 bits per heavy atom. The summed E-state index contributed by atoms with van der Waals surface area (Å²) in [6.07, 6.45) is 0.600. The second-order valence-electron chi connectivity index (χ2n) is 6.64. The first-order valence-corrected chi connectivity index (χ1v) is 11.1. The molecule has 27 heavy (non-hydrogen) atoms. The average molecular weight is 402 g/mol. The van der Waals surface area contributed by atoms with E-state index in [1.807, 2.05) is 26.0 Å². The Bertz CT molecular complexity index is 1110. The largest absolute Gasteiger partial charge is 0.298 e. The molecule has 140 valence electrons. The van der Waals surface area contributed by atoms with E-state index in [2.05, 4.69) is 10.3 Å². The highest BCUT2D eigenvalue weighted by Crippen LogP contribution is 2.31. The van der Waals surface area contributed by atoms with Crippen LogP contribution >= 0.6 is 11.3 Å². The molecule has 2 aromatic carbocycles. The lowest BCUT2D eigenvalue weighted by Crippen LogP contribution is -2.25. The number of carbonyl (C=O) groups is 1. The van der Waals surface area contributed by atoms with Gasteiger partial charge in [0, 0.05) is 12.1 Å². The Hall–Kier alpha value is -2.45. The summed E-state index contributed by atoms with van der Waals surface area (Å²) < 4.78 is 26.7. The van der Waals surface area contributed by atoms with Gasteiger partial charge in [-0.3, -0.25) is 14.4 Å². The Balaban J connectivity index is 1.62. The zero-order chi connectivity index (χ0) is 19.2. The molecule has 1 amide bonds. The highest BCUT2D eigenvalue weighted by molar-refractivity contribution is 7.93. The molecule has 2 heterocycles. The van der Waals surface area contributed by atoms with Gasteiger partial charge in [0.1, 0.15) is 0 Å². The van der Waals surface area contributed by atoms with Crippen LogP contribution in [0.2, 0.25) is 0 Å². The second-order valence-corrected chi connectivity index (χ2v) is 9.65. The van der Waals surface area contributed by atoms with E-state index in [9.17, 15) is 13.2 Å². The Morgan fingerprint density at radius 2 is 1.96 bits per heavy atom. The number of amides is 1. The molecule has 1 fully saturated rings. The number of anilines is 2. The summed E-state index contributed by atoms with van der Waals surface area (Å²) in [4.78, 5) is 17.2. The fourth-order valence-electron chi connectivity index (χ4n) is 3.21.